The Balaban J connectivity index is 1.57. The fourth-order valence-corrected chi connectivity index (χ4v) is 3.69. The number of amides is 1. The minimum atomic E-state index is -0.393. The van der Waals surface area contributed by atoms with Crippen molar-refractivity contribution in [3.05, 3.63) is 77.9 Å². The highest BCUT2D eigenvalue weighted by Gasteiger charge is 2.10. The summed E-state index contributed by atoms with van der Waals surface area (Å²) in [4.78, 5) is 28.5. The van der Waals surface area contributed by atoms with Crippen LogP contribution in [0.4, 0.5) is 5.69 Å². The van der Waals surface area contributed by atoms with Gasteiger partial charge in [0.1, 0.15) is 11.1 Å². The van der Waals surface area contributed by atoms with Crippen LogP contribution >= 0.6 is 11.8 Å². The Morgan fingerprint density at radius 2 is 1.81 bits per heavy atom. The van der Waals surface area contributed by atoms with Crippen LogP contribution < -0.4 is 5.32 Å². The van der Waals surface area contributed by atoms with E-state index in [1.54, 1.807) is 37.3 Å². The number of pyridine rings is 1. The molecule has 3 aromatic rings. The lowest BCUT2D eigenvalue weighted by Gasteiger charge is -2.08. The van der Waals surface area contributed by atoms with Gasteiger partial charge >= 0.3 is 5.97 Å². The molecule has 6 nitrogen and oxygen atoms in total. The predicted octanol–water partition coefficient (Wildman–Crippen LogP) is 4.92. The summed E-state index contributed by atoms with van der Waals surface area (Å²) >= 11 is 1.38. The number of thioether (sulfide) groups is 1. The van der Waals surface area contributed by atoms with Gasteiger partial charge in [0, 0.05) is 23.4 Å². The van der Waals surface area contributed by atoms with E-state index in [0.717, 1.165) is 11.3 Å². The van der Waals surface area contributed by atoms with E-state index in [-0.39, 0.29) is 12.3 Å². The summed E-state index contributed by atoms with van der Waals surface area (Å²) in [7, 11) is 0. The smallest absolute Gasteiger partial charge is 0.338 e. The minimum Gasteiger partial charge on any atom is -0.462 e. The van der Waals surface area contributed by atoms with Gasteiger partial charge in [-0.25, -0.2) is 9.78 Å². The Hall–Kier alpha value is -3.63. The second-order valence-corrected chi connectivity index (χ2v) is 7.56. The van der Waals surface area contributed by atoms with Gasteiger partial charge in [-0.2, -0.15) is 5.26 Å². The lowest BCUT2D eigenvalue weighted by atomic mass is 10.1. The van der Waals surface area contributed by atoms with E-state index >= 15 is 0 Å². The van der Waals surface area contributed by atoms with Gasteiger partial charge in [-0.05, 0) is 43.3 Å². The second kappa shape index (κ2) is 11.0. The van der Waals surface area contributed by atoms with Crippen molar-refractivity contribution in [3.8, 4) is 17.3 Å². The van der Waals surface area contributed by atoms with Gasteiger partial charge in [0.05, 0.1) is 23.4 Å². The highest BCUT2D eigenvalue weighted by molar-refractivity contribution is 7.99. The molecule has 31 heavy (non-hydrogen) atoms. The first-order valence-electron chi connectivity index (χ1n) is 9.77. The molecule has 0 aliphatic rings. The molecule has 1 heterocycles. The highest BCUT2D eigenvalue weighted by Crippen LogP contribution is 2.25. The molecular formula is C24H21N3O3S. The second-order valence-electron chi connectivity index (χ2n) is 6.47. The number of nitrogens with one attached hydrogen (secondary N) is 1. The third-order valence-electron chi connectivity index (χ3n) is 4.30. The molecular weight excluding hydrogens is 410 g/mol. The molecule has 0 fully saturated rings. The number of hydrogen-bond acceptors (Lipinski definition) is 6. The van der Waals surface area contributed by atoms with Crippen molar-refractivity contribution in [1.82, 2.24) is 4.98 Å². The number of anilines is 1. The molecule has 1 amide bonds. The number of nitrogens with zero attached hydrogens (tertiary/aromatic N) is 2. The number of nitriles is 1. The van der Waals surface area contributed by atoms with E-state index in [4.69, 9.17) is 4.74 Å². The summed E-state index contributed by atoms with van der Waals surface area (Å²) in [5, 5.41) is 12.8. The summed E-state index contributed by atoms with van der Waals surface area (Å²) in [6, 6.07) is 22.0. The zero-order chi connectivity index (χ0) is 22.1. The maximum Gasteiger partial charge on any atom is 0.338 e. The van der Waals surface area contributed by atoms with Crippen LogP contribution in [0.5, 0.6) is 0 Å². The summed E-state index contributed by atoms with van der Waals surface area (Å²) in [5.41, 5.74) is 3.28. The zero-order valence-electron chi connectivity index (χ0n) is 17.0. The molecule has 1 N–H and O–H groups in total. The van der Waals surface area contributed by atoms with Crippen LogP contribution in [0.2, 0.25) is 0 Å². The number of hydrogen-bond donors (Lipinski definition) is 1. The first-order chi connectivity index (χ1) is 15.1. The molecule has 1 aromatic heterocycles. The lowest BCUT2D eigenvalue weighted by molar-refractivity contribution is -0.115. The number of rotatable bonds is 8. The first kappa shape index (κ1) is 22.1. The Morgan fingerprint density at radius 3 is 2.48 bits per heavy atom. The van der Waals surface area contributed by atoms with Gasteiger partial charge in [0.25, 0.3) is 0 Å². The predicted molar refractivity (Wildman–Crippen MR) is 121 cm³/mol. The van der Waals surface area contributed by atoms with Gasteiger partial charge in [-0.15, -0.1) is 11.8 Å². The SMILES string of the molecule is CCOC(=O)c1ccc(NC(=O)CCSc2nc(-c3ccccc3)ccc2C#N)cc1. The van der Waals surface area contributed by atoms with Gasteiger partial charge in [0.2, 0.25) is 5.91 Å². The molecule has 0 saturated carbocycles. The number of carbonyl (C=O) groups excluding carboxylic acids is 2. The van der Waals surface area contributed by atoms with E-state index in [2.05, 4.69) is 16.4 Å². The molecule has 2 aromatic carbocycles. The van der Waals surface area contributed by atoms with Crippen molar-refractivity contribution >= 4 is 29.3 Å². The number of aromatic nitrogens is 1. The number of benzene rings is 2. The number of ether oxygens (including phenoxy) is 1. The molecule has 0 aliphatic heterocycles. The maximum absolute atomic E-state index is 12.3. The fraction of sp³-hybridized carbons (Fsp3) is 0.167. The van der Waals surface area contributed by atoms with Gasteiger partial charge < -0.3 is 10.1 Å². The van der Waals surface area contributed by atoms with Crippen LogP contribution in [0.25, 0.3) is 11.3 Å². The summed E-state index contributed by atoms with van der Waals surface area (Å²) in [6.45, 7) is 2.06. The third kappa shape index (κ3) is 6.17. The largest absolute Gasteiger partial charge is 0.462 e. The van der Waals surface area contributed by atoms with Crippen LogP contribution in [-0.4, -0.2) is 29.2 Å². The maximum atomic E-state index is 12.3. The van der Waals surface area contributed by atoms with Gasteiger partial charge in [0.15, 0.2) is 0 Å². The zero-order valence-corrected chi connectivity index (χ0v) is 17.8. The lowest BCUT2D eigenvalue weighted by Crippen LogP contribution is -2.12. The summed E-state index contributed by atoms with van der Waals surface area (Å²) < 4.78 is 4.94. The van der Waals surface area contributed by atoms with Crippen LogP contribution in [0, 0.1) is 11.3 Å². The quantitative estimate of drug-likeness (QED) is 0.402. The fourth-order valence-electron chi connectivity index (χ4n) is 2.77. The molecule has 3 rings (SSSR count). The summed E-state index contributed by atoms with van der Waals surface area (Å²) in [5.74, 6) is -0.0726. The van der Waals surface area contributed by atoms with Crippen LogP contribution in [-0.2, 0) is 9.53 Å². The van der Waals surface area contributed by atoms with E-state index < -0.39 is 5.97 Å². The molecule has 0 atom stereocenters. The molecule has 0 aliphatic carbocycles. The van der Waals surface area contributed by atoms with E-state index in [9.17, 15) is 14.9 Å². The van der Waals surface area contributed by atoms with Crippen LogP contribution in [0.3, 0.4) is 0 Å². The van der Waals surface area contributed by atoms with Crippen molar-refractivity contribution in [2.45, 2.75) is 18.4 Å². The molecule has 0 saturated heterocycles. The van der Waals surface area contributed by atoms with Gasteiger partial charge in [-0.1, -0.05) is 30.3 Å². The Labute approximate surface area is 185 Å². The first-order valence-corrected chi connectivity index (χ1v) is 10.8. The van der Waals surface area contributed by atoms with Crippen LogP contribution in [0.1, 0.15) is 29.3 Å². The highest BCUT2D eigenvalue weighted by atomic mass is 32.2. The van der Waals surface area contributed by atoms with E-state index in [0.29, 0.717) is 34.2 Å². The monoisotopic (exact) mass is 431 g/mol. The molecule has 0 unspecified atom stereocenters. The topological polar surface area (TPSA) is 92.1 Å². The average Bonchev–Trinajstić information content (AvgIpc) is 2.80. The van der Waals surface area contributed by atoms with Gasteiger partial charge in [-0.3, -0.25) is 4.79 Å². The number of esters is 1. The third-order valence-corrected chi connectivity index (χ3v) is 5.29. The minimum absolute atomic E-state index is 0.158. The normalized spacial score (nSPS) is 10.2. The van der Waals surface area contributed by atoms with Crippen molar-refractivity contribution in [1.29, 1.82) is 5.26 Å². The number of carbonyl (C=O) groups is 2. The molecule has 156 valence electrons. The molecule has 0 spiro atoms. The standard InChI is InChI=1S/C24H21N3O3S/c1-2-30-24(29)18-8-11-20(12-9-18)26-22(28)14-15-31-23-19(16-25)10-13-21(27-23)17-6-4-3-5-7-17/h3-13H,2,14-15H2,1H3,(H,26,28). The van der Waals surface area contributed by atoms with E-state index in [1.165, 1.54) is 11.8 Å². The Morgan fingerprint density at radius 1 is 1.06 bits per heavy atom. The van der Waals surface area contributed by atoms with Crippen molar-refractivity contribution in [2.24, 2.45) is 0 Å². The Kier molecular flexibility index (Phi) is 7.79. The van der Waals surface area contributed by atoms with Crippen LogP contribution in [0.15, 0.2) is 71.8 Å². The Bertz CT molecular complexity index is 1090. The molecule has 7 heteroatoms. The van der Waals surface area contributed by atoms with Crippen molar-refractivity contribution in [3.63, 3.8) is 0 Å². The molecule has 0 bridgehead atoms. The van der Waals surface area contributed by atoms with Crippen molar-refractivity contribution < 1.29 is 14.3 Å². The average molecular weight is 432 g/mol. The summed E-state index contributed by atoms with van der Waals surface area (Å²) in [6.07, 6.45) is 0.256. The molecule has 0 radical (unpaired) electrons. The van der Waals surface area contributed by atoms with Crippen molar-refractivity contribution in [2.75, 3.05) is 17.7 Å². The van der Waals surface area contributed by atoms with E-state index in [1.807, 2.05) is 36.4 Å².